The van der Waals surface area contributed by atoms with Crippen LogP contribution in [0.1, 0.15) is 64.7 Å². The molecule has 0 aliphatic heterocycles. The van der Waals surface area contributed by atoms with E-state index in [1.54, 1.807) is 0 Å². The van der Waals surface area contributed by atoms with Crippen molar-refractivity contribution in [2.45, 2.75) is 70.3 Å². The summed E-state index contributed by atoms with van der Waals surface area (Å²) in [5.41, 5.74) is 5.79. The first-order valence-electron chi connectivity index (χ1n) is 7.17. The first kappa shape index (κ1) is 12.9. The number of rotatable bonds is 4. The van der Waals surface area contributed by atoms with Crippen LogP contribution in [-0.4, -0.2) is 18.0 Å². The topological polar surface area (TPSA) is 55.1 Å². The molecule has 2 rings (SSSR count). The molecule has 0 aromatic rings. The van der Waals surface area contributed by atoms with Crippen molar-refractivity contribution in [3.8, 4) is 0 Å². The van der Waals surface area contributed by atoms with Gasteiger partial charge in [0.25, 0.3) is 0 Å². The van der Waals surface area contributed by atoms with E-state index in [9.17, 15) is 4.79 Å². The molecule has 98 valence electrons. The van der Waals surface area contributed by atoms with E-state index in [1.165, 1.54) is 38.5 Å². The van der Waals surface area contributed by atoms with Gasteiger partial charge in [0, 0.05) is 0 Å². The zero-order chi connectivity index (χ0) is 12.4. The minimum Gasteiger partial charge on any atom is -0.368 e. The average Bonchev–Trinajstić information content (AvgIpc) is 2.77. The Morgan fingerprint density at radius 3 is 2.18 bits per heavy atom. The number of hydrogen-bond donors (Lipinski definition) is 2. The molecule has 2 fully saturated rings. The molecule has 0 aromatic carbocycles. The monoisotopic (exact) mass is 238 g/mol. The predicted molar refractivity (Wildman–Crippen MR) is 69.6 cm³/mol. The Bertz CT molecular complexity index is 272. The number of nitrogens with one attached hydrogen (secondary N) is 1. The highest BCUT2D eigenvalue weighted by Crippen LogP contribution is 2.51. The summed E-state index contributed by atoms with van der Waals surface area (Å²) in [5.74, 6) is -0.140. The van der Waals surface area contributed by atoms with E-state index in [4.69, 9.17) is 5.73 Å². The maximum atomic E-state index is 11.7. The highest BCUT2D eigenvalue weighted by molar-refractivity contribution is 5.84. The molecule has 0 unspecified atom stereocenters. The van der Waals surface area contributed by atoms with Gasteiger partial charge in [-0.05, 0) is 56.9 Å². The Kier molecular flexibility index (Phi) is 3.76. The smallest absolute Gasteiger partial charge is 0.237 e. The molecule has 0 atom stereocenters. The number of nitrogens with two attached hydrogens (primary N) is 1. The third-order valence-electron chi connectivity index (χ3n) is 5.01. The van der Waals surface area contributed by atoms with Gasteiger partial charge in [0.2, 0.25) is 5.91 Å². The highest BCUT2D eigenvalue weighted by atomic mass is 16.1. The van der Waals surface area contributed by atoms with Gasteiger partial charge in [0.15, 0.2) is 0 Å². The Morgan fingerprint density at radius 1 is 1.12 bits per heavy atom. The minimum absolute atomic E-state index is 0.140. The number of carbonyl (C=O) groups is 1. The maximum Gasteiger partial charge on any atom is 0.237 e. The molecule has 2 saturated carbocycles. The van der Waals surface area contributed by atoms with Crippen LogP contribution in [0, 0.1) is 5.41 Å². The lowest BCUT2D eigenvalue weighted by molar-refractivity contribution is -0.126. The summed E-state index contributed by atoms with van der Waals surface area (Å²) in [6, 6.07) is 0. The lowest BCUT2D eigenvalue weighted by Gasteiger charge is -2.44. The van der Waals surface area contributed by atoms with Crippen molar-refractivity contribution in [3.63, 3.8) is 0 Å². The summed E-state index contributed by atoms with van der Waals surface area (Å²) in [6.45, 7) is 3.03. The molecule has 1 spiro atoms. The number of primary amides is 1. The van der Waals surface area contributed by atoms with Gasteiger partial charge in [-0.2, -0.15) is 0 Å². The van der Waals surface area contributed by atoms with Crippen molar-refractivity contribution in [2.75, 3.05) is 6.54 Å². The molecule has 0 heterocycles. The number of carbonyl (C=O) groups excluding carboxylic acids is 1. The first-order chi connectivity index (χ1) is 8.13. The van der Waals surface area contributed by atoms with Crippen LogP contribution in [0.25, 0.3) is 0 Å². The molecule has 17 heavy (non-hydrogen) atoms. The minimum atomic E-state index is -0.399. The third kappa shape index (κ3) is 2.49. The lowest BCUT2D eigenvalue weighted by atomic mass is 9.66. The maximum absolute atomic E-state index is 11.7. The van der Waals surface area contributed by atoms with Gasteiger partial charge >= 0.3 is 0 Å². The van der Waals surface area contributed by atoms with Crippen molar-refractivity contribution >= 4 is 5.91 Å². The Balaban J connectivity index is 1.99. The molecule has 1 amide bonds. The van der Waals surface area contributed by atoms with E-state index in [2.05, 4.69) is 12.2 Å². The van der Waals surface area contributed by atoms with Gasteiger partial charge in [-0.3, -0.25) is 4.79 Å². The van der Waals surface area contributed by atoms with Crippen molar-refractivity contribution < 1.29 is 4.79 Å². The number of amides is 1. The number of hydrogen-bond acceptors (Lipinski definition) is 2. The normalized spacial score (nSPS) is 26.2. The van der Waals surface area contributed by atoms with E-state index >= 15 is 0 Å². The van der Waals surface area contributed by atoms with Crippen LogP contribution >= 0.6 is 0 Å². The summed E-state index contributed by atoms with van der Waals surface area (Å²) in [4.78, 5) is 11.7. The van der Waals surface area contributed by atoms with Crippen molar-refractivity contribution in [1.82, 2.24) is 5.32 Å². The largest absolute Gasteiger partial charge is 0.368 e. The van der Waals surface area contributed by atoms with Crippen molar-refractivity contribution in [3.05, 3.63) is 0 Å². The quantitative estimate of drug-likeness (QED) is 0.790. The molecule has 2 aliphatic rings. The molecule has 3 N–H and O–H groups in total. The summed E-state index contributed by atoms with van der Waals surface area (Å²) >= 11 is 0. The van der Waals surface area contributed by atoms with Crippen LogP contribution in [0.15, 0.2) is 0 Å². The van der Waals surface area contributed by atoms with E-state index in [0.29, 0.717) is 5.41 Å². The van der Waals surface area contributed by atoms with Crippen LogP contribution in [0.4, 0.5) is 0 Å². The SMILES string of the molecule is CCCNC1(C(N)=O)CCC2(CCCC2)CC1. The summed E-state index contributed by atoms with van der Waals surface area (Å²) in [6.07, 6.45) is 10.8. The fraction of sp³-hybridized carbons (Fsp3) is 0.929. The Labute approximate surface area is 105 Å². The van der Waals surface area contributed by atoms with Crippen molar-refractivity contribution in [1.29, 1.82) is 0 Å². The molecular formula is C14H26N2O. The average molecular weight is 238 g/mol. The predicted octanol–water partition coefficient (Wildman–Crippen LogP) is 2.34. The Hall–Kier alpha value is -0.570. The van der Waals surface area contributed by atoms with Gasteiger partial charge in [-0.1, -0.05) is 19.8 Å². The van der Waals surface area contributed by atoms with Gasteiger partial charge in [-0.15, -0.1) is 0 Å². The zero-order valence-electron chi connectivity index (χ0n) is 11.1. The fourth-order valence-electron chi connectivity index (χ4n) is 3.71. The Morgan fingerprint density at radius 2 is 1.71 bits per heavy atom. The van der Waals surface area contributed by atoms with E-state index in [1.807, 2.05) is 0 Å². The highest BCUT2D eigenvalue weighted by Gasteiger charge is 2.46. The second kappa shape index (κ2) is 4.97. The van der Waals surface area contributed by atoms with Gasteiger partial charge < -0.3 is 11.1 Å². The van der Waals surface area contributed by atoms with Crippen LogP contribution in [-0.2, 0) is 4.79 Å². The van der Waals surface area contributed by atoms with Crippen LogP contribution in [0.5, 0.6) is 0 Å². The molecule has 0 aromatic heterocycles. The zero-order valence-corrected chi connectivity index (χ0v) is 11.1. The van der Waals surface area contributed by atoms with Gasteiger partial charge in [-0.25, -0.2) is 0 Å². The molecule has 0 saturated heterocycles. The standard InChI is InChI=1S/C14H26N2O/c1-2-11-16-14(12(15)17)9-7-13(8-10-14)5-3-4-6-13/h16H,2-11H2,1H3,(H2,15,17). The van der Waals surface area contributed by atoms with Crippen LogP contribution in [0.3, 0.4) is 0 Å². The summed E-state index contributed by atoms with van der Waals surface area (Å²) < 4.78 is 0. The molecule has 3 nitrogen and oxygen atoms in total. The molecule has 0 radical (unpaired) electrons. The lowest BCUT2D eigenvalue weighted by Crippen LogP contribution is -2.58. The van der Waals surface area contributed by atoms with Gasteiger partial charge in [0.1, 0.15) is 0 Å². The molecule has 0 bridgehead atoms. The van der Waals surface area contributed by atoms with Gasteiger partial charge in [0.05, 0.1) is 5.54 Å². The molecule has 3 heteroatoms. The van der Waals surface area contributed by atoms with Crippen molar-refractivity contribution in [2.24, 2.45) is 11.1 Å². The van der Waals surface area contributed by atoms with E-state index < -0.39 is 5.54 Å². The fourth-order valence-corrected chi connectivity index (χ4v) is 3.71. The second-order valence-electron chi connectivity index (χ2n) is 6.08. The van der Waals surface area contributed by atoms with E-state index in [-0.39, 0.29) is 5.91 Å². The molecular weight excluding hydrogens is 212 g/mol. The van der Waals surface area contributed by atoms with Crippen LogP contribution < -0.4 is 11.1 Å². The third-order valence-corrected chi connectivity index (χ3v) is 5.01. The summed E-state index contributed by atoms with van der Waals surface area (Å²) in [5, 5.41) is 3.42. The second-order valence-corrected chi connectivity index (χ2v) is 6.08. The molecule has 2 aliphatic carbocycles. The summed E-state index contributed by atoms with van der Waals surface area (Å²) in [7, 11) is 0. The van der Waals surface area contributed by atoms with Crippen LogP contribution in [0.2, 0.25) is 0 Å². The van der Waals surface area contributed by atoms with E-state index in [0.717, 1.165) is 25.8 Å². The first-order valence-corrected chi connectivity index (χ1v) is 7.17.